The summed E-state index contributed by atoms with van der Waals surface area (Å²) in [5.41, 5.74) is 3.94. The lowest BCUT2D eigenvalue weighted by Crippen LogP contribution is -2.37. The van der Waals surface area contributed by atoms with Crippen LogP contribution in [0.1, 0.15) is 44.7 Å². The van der Waals surface area contributed by atoms with E-state index < -0.39 is 5.97 Å². The number of rotatable bonds is 4. The smallest absolute Gasteiger partial charge is 0.340 e. The van der Waals surface area contributed by atoms with Gasteiger partial charge in [0.1, 0.15) is 11.2 Å². The Morgan fingerprint density at radius 3 is 2.56 bits per heavy atom. The highest BCUT2D eigenvalue weighted by molar-refractivity contribution is 7.99. The normalized spacial score (nSPS) is 17.3. The van der Waals surface area contributed by atoms with Crippen LogP contribution >= 0.6 is 11.8 Å². The molecule has 0 saturated carbocycles. The van der Waals surface area contributed by atoms with Gasteiger partial charge in [-0.1, -0.05) is 12.1 Å². The molecule has 1 saturated heterocycles. The molecular weight excluding hydrogens is 367 g/mol. The maximum absolute atomic E-state index is 13.2. The molecule has 1 aromatic carbocycles. The number of hydrogen-bond donors (Lipinski definition) is 0. The lowest BCUT2D eigenvalue weighted by molar-refractivity contribution is -0.132. The van der Waals surface area contributed by atoms with Gasteiger partial charge in [-0.15, -0.1) is 11.8 Å². The van der Waals surface area contributed by atoms with Crippen molar-refractivity contribution in [2.24, 2.45) is 7.05 Å². The Hall–Kier alpha value is -2.28. The van der Waals surface area contributed by atoms with E-state index in [1.54, 1.807) is 28.8 Å². The first-order valence-corrected chi connectivity index (χ1v) is 9.79. The first-order chi connectivity index (χ1) is 12.8. The number of ether oxygens (including phenoxy) is 1. The van der Waals surface area contributed by atoms with E-state index in [2.05, 4.69) is 0 Å². The van der Waals surface area contributed by atoms with Crippen LogP contribution in [0.15, 0.2) is 24.3 Å². The van der Waals surface area contributed by atoms with Crippen molar-refractivity contribution in [2.45, 2.75) is 32.2 Å². The molecule has 0 N–H and O–H groups in total. The van der Waals surface area contributed by atoms with E-state index >= 15 is 0 Å². The molecule has 3 rings (SSSR count). The summed E-state index contributed by atoms with van der Waals surface area (Å²) in [7, 11) is 3.27. The first-order valence-electron chi connectivity index (χ1n) is 8.74. The third-order valence-corrected chi connectivity index (χ3v) is 6.37. The summed E-state index contributed by atoms with van der Waals surface area (Å²) in [5, 5.41) is -0.287. The fraction of sp³-hybridized carbons (Fsp3) is 0.400. The minimum absolute atomic E-state index is 0.0276. The van der Waals surface area contributed by atoms with Gasteiger partial charge in [0.2, 0.25) is 5.91 Å². The van der Waals surface area contributed by atoms with Crippen molar-refractivity contribution in [1.29, 1.82) is 0 Å². The van der Waals surface area contributed by atoms with E-state index in [1.807, 2.05) is 25.5 Å². The molecule has 5 nitrogen and oxygen atoms in total. The Kier molecular flexibility index (Phi) is 5.60. The van der Waals surface area contributed by atoms with Crippen LogP contribution < -0.4 is 0 Å². The van der Waals surface area contributed by atoms with E-state index in [0.717, 1.165) is 22.5 Å². The zero-order chi connectivity index (χ0) is 19.7. The lowest BCUT2D eigenvalue weighted by atomic mass is 10.1. The molecule has 1 aliphatic rings. The van der Waals surface area contributed by atoms with Crippen LogP contribution in [-0.2, 0) is 23.1 Å². The topological polar surface area (TPSA) is 51.5 Å². The van der Waals surface area contributed by atoms with Crippen LogP contribution in [0.2, 0.25) is 0 Å². The Bertz CT molecular complexity index is 876. The maximum atomic E-state index is 13.2. The third-order valence-electron chi connectivity index (χ3n) is 5.12. The predicted molar refractivity (Wildman–Crippen MR) is 103 cm³/mol. The maximum Gasteiger partial charge on any atom is 0.340 e. The molecule has 1 amide bonds. The minimum Gasteiger partial charge on any atom is -0.465 e. The number of benzene rings is 1. The van der Waals surface area contributed by atoms with Crippen molar-refractivity contribution in [3.8, 4) is 0 Å². The number of hydrogen-bond acceptors (Lipinski definition) is 4. The Balaban J connectivity index is 2.05. The number of halogens is 1. The fourth-order valence-electron chi connectivity index (χ4n) is 3.46. The molecule has 144 valence electrons. The second kappa shape index (κ2) is 7.76. The summed E-state index contributed by atoms with van der Waals surface area (Å²) in [6.45, 7) is 4.19. The molecular formula is C20H23FN2O3S. The van der Waals surface area contributed by atoms with Gasteiger partial charge in [0.25, 0.3) is 0 Å². The molecule has 27 heavy (non-hydrogen) atoms. The molecule has 1 fully saturated rings. The molecule has 1 unspecified atom stereocenters. The van der Waals surface area contributed by atoms with Gasteiger partial charge >= 0.3 is 5.97 Å². The molecule has 7 heteroatoms. The highest BCUT2D eigenvalue weighted by Gasteiger charge is 2.36. The summed E-state index contributed by atoms with van der Waals surface area (Å²) in [6, 6.07) is 6.15. The van der Waals surface area contributed by atoms with Crippen LogP contribution in [0.25, 0.3) is 0 Å². The van der Waals surface area contributed by atoms with Crippen LogP contribution in [-0.4, -0.2) is 34.2 Å². The zero-order valence-corrected chi connectivity index (χ0v) is 16.7. The molecule has 1 aromatic heterocycles. The molecule has 2 heterocycles. The van der Waals surface area contributed by atoms with E-state index in [4.69, 9.17) is 4.74 Å². The summed E-state index contributed by atoms with van der Waals surface area (Å²) < 4.78 is 20.2. The molecule has 0 bridgehead atoms. The van der Waals surface area contributed by atoms with Gasteiger partial charge in [0.05, 0.1) is 12.7 Å². The lowest BCUT2D eigenvalue weighted by Gasteiger charge is -2.36. The van der Waals surface area contributed by atoms with E-state index in [-0.39, 0.29) is 17.1 Å². The summed E-state index contributed by atoms with van der Waals surface area (Å²) >= 11 is 1.64. The van der Waals surface area contributed by atoms with Gasteiger partial charge in [-0.2, -0.15) is 0 Å². The largest absolute Gasteiger partial charge is 0.465 e. The van der Waals surface area contributed by atoms with Gasteiger partial charge in [-0.25, -0.2) is 9.18 Å². The second-order valence-corrected chi connectivity index (χ2v) is 7.82. The molecule has 1 atom stereocenters. The van der Waals surface area contributed by atoms with Crippen LogP contribution in [0, 0.1) is 19.7 Å². The molecule has 2 aromatic rings. The van der Waals surface area contributed by atoms with Crippen molar-refractivity contribution >= 4 is 23.6 Å². The van der Waals surface area contributed by atoms with Crippen molar-refractivity contribution in [3.63, 3.8) is 0 Å². The fourth-order valence-corrected chi connectivity index (χ4v) is 4.80. The van der Waals surface area contributed by atoms with Gasteiger partial charge in [-0.3, -0.25) is 4.79 Å². The van der Waals surface area contributed by atoms with Crippen LogP contribution in [0.5, 0.6) is 0 Å². The average molecular weight is 390 g/mol. The zero-order valence-electron chi connectivity index (χ0n) is 15.9. The molecule has 0 radical (unpaired) electrons. The number of aromatic nitrogens is 1. The van der Waals surface area contributed by atoms with Crippen LogP contribution in [0.4, 0.5) is 4.39 Å². The SMILES string of the molecule is COC(=O)c1c(C2SCCC(=O)N2Cc2ccc(F)cc2)c(C)n(C)c1C. The molecule has 1 aliphatic heterocycles. The van der Waals surface area contributed by atoms with E-state index in [9.17, 15) is 14.0 Å². The monoisotopic (exact) mass is 390 g/mol. The Morgan fingerprint density at radius 1 is 1.26 bits per heavy atom. The number of thioether (sulfide) groups is 1. The standard InChI is InChI=1S/C20H23FN2O3S/c1-12-17(18(20(25)26-4)13(2)22(12)3)19-23(16(24)9-10-27-19)11-14-5-7-15(21)8-6-14/h5-8,19H,9-11H2,1-4H3. The summed E-state index contributed by atoms with van der Waals surface area (Å²) in [6.07, 6.45) is 0.445. The minimum atomic E-state index is -0.397. The predicted octanol–water partition coefficient (Wildman–Crippen LogP) is 3.73. The first kappa shape index (κ1) is 19.5. The summed E-state index contributed by atoms with van der Waals surface area (Å²) in [4.78, 5) is 26.9. The molecule has 0 spiro atoms. The number of carbonyl (C=O) groups is 2. The Labute approximate surface area is 162 Å². The quantitative estimate of drug-likeness (QED) is 0.747. The Morgan fingerprint density at radius 2 is 1.93 bits per heavy atom. The van der Waals surface area contributed by atoms with Crippen LogP contribution in [0.3, 0.4) is 0 Å². The number of amides is 1. The number of esters is 1. The van der Waals surface area contributed by atoms with E-state index in [0.29, 0.717) is 24.3 Å². The van der Waals surface area contributed by atoms with Crippen molar-refractivity contribution in [2.75, 3.05) is 12.9 Å². The number of nitrogens with zero attached hydrogens (tertiary/aromatic N) is 2. The average Bonchev–Trinajstić information content (AvgIpc) is 2.88. The summed E-state index contributed by atoms with van der Waals surface area (Å²) in [5.74, 6) is 0.0146. The van der Waals surface area contributed by atoms with Crippen molar-refractivity contribution in [1.82, 2.24) is 9.47 Å². The van der Waals surface area contributed by atoms with Gasteiger partial charge < -0.3 is 14.2 Å². The van der Waals surface area contributed by atoms with Gasteiger partial charge in [-0.05, 0) is 31.5 Å². The van der Waals surface area contributed by atoms with Crippen molar-refractivity contribution < 1.29 is 18.7 Å². The second-order valence-electron chi connectivity index (χ2n) is 6.63. The van der Waals surface area contributed by atoms with Gasteiger partial charge in [0, 0.05) is 42.7 Å². The van der Waals surface area contributed by atoms with E-state index in [1.165, 1.54) is 19.2 Å². The third kappa shape index (κ3) is 3.60. The molecule has 0 aliphatic carbocycles. The van der Waals surface area contributed by atoms with Gasteiger partial charge in [0.15, 0.2) is 0 Å². The number of methoxy groups -OCH3 is 1. The highest BCUT2D eigenvalue weighted by atomic mass is 32.2. The number of carbonyl (C=O) groups excluding carboxylic acids is 2. The van der Waals surface area contributed by atoms with Crippen molar-refractivity contribution in [3.05, 3.63) is 58.2 Å². The highest BCUT2D eigenvalue weighted by Crippen LogP contribution is 2.42.